The fourth-order valence-electron chi connectivity index (χ4n) is 3.06. The highest BCUT2D eigenvalue weighted by atomic mass is 127. The molecule has 6 nitrogen and oxygen atoms in total. The van der Waals surface area contributed by atoms with E-state index in [2.05, 4.69) is 39.1 Å². The maximum absolute atomic E-state index is 5.98. The van der Waals surface area contributed by atoms with E-state index in [1.54, 1.807) is 0 Å². The second-order valence-electron chi connectivity index (χ2n) is 6.79. The summed E-state index contributed by atoms with van der Waals surface area (Å²) >= 11 is 7.92. The van der Waals surface area contributed by atoms with Gasteiger partial charge in [-0.05, 0) is 44.0 Å². The normalized spacial score (nSPS) is 15.1. The van der Waals surface area contributed by atoms with Gasteiger partial charge in [-0.2, -0.15) is 0 Å². The fraction of sp³-hybridized carbons (Fsp3) is 0.450. The molecule has 0 saturated carbocycles. The van der Waals surface area contributed by atoms with Crippen LogP contribution in [0.25, 0.3) is 0 Å². The maximum Gasteiger partial charge on any atom is 0.194 e. The Morgan fingerprint density at radius 2 is 2.00 bits per heavy atom. The molecule has 0 unspecified atom stereocenters. The van der Waals surface area contributed by atoms with Crippen molar-refractivity contribution in [3.05, 3.63) is 53.6 Å². The number of likely N-dealkylation sites (tertiary alicyclic amines) is 1. The zero-order chi connectivity index (χ0) is 19.9. The molecule has 1 aliphatic rings. The molecule has 9 heteroatoms. The lowest BCUT2D eigenvalue weighted by molar-refractivity contribution is 0.338. The Balaban J connectivity index is 0.00000300. The second kappa shape index (κ2) is 11.8. The summed E-state index contributed by atoms with van der Waals surface area (Å²) in [7, 11) is 1.97. The van der Waals surface area contributed by atoms with Crippen LogP contribution >= 0.6 is 47.3 Å². The molecule has 29 heavy (non-hydrogen) atoms. The molecular weight excluding hydrogens is 519 g/mol. The van der Waals surface area contributed by atoms with Gasteiger partial charge in [-0.15, -0.1) is 52.5 Å². The Kier molecular flexibility index (Phi) is 9.78. The van der Waals surface area contributed by atoms with Crippen LogP contribution in [-0.4, -0.2) is 50.5 Å². The summed E-state index contributed by atoms with van der Waals surface area (Å²) in [4.78, 5) is 8.39. The highest BCUT2D eigenvalue weighted by molar-refractivity contribution is 14.0. The molecule has 0 atom stereocenters. The standard InChI is InChI=1S/C20H27ClN6S.HI/c1-4-11-22-20(23-14-19-25-24-15(2)26(19)3)27-12-9-18(10-13-27)28-17-7-5-16(21)6-8-17;/h4-8,18H,1,9-14H2,2-3H3,(H,22,23);1H. The minimum absolute atomic E-state index is 0. The third kappa shape index (κ3) is 6.89. The number of rotatable bonds is 6. The molecule has 0 spiro atoms. The van der Waals surface area contributed by atoms with Gasteiger partial charge in [0.25, 0.3) is 0 Å². The third-order valence-electron chi connectivity index (χ3n) is 4.82. The van der Waals surface area contributed by atoms with Crippen LogP contribution in [0.15, 0.2) is 46.8 Å². The van der Waals surface area contributed by atoms with Crippen molar-refractivity contribution < 1.29 is 0 Å². The van der Waals surface area contributed by atoms with E-state index in [0.29, 0.717) is 18.3 Å². The molecule has 1 fully saturated rings. The zero-order valence-corrected chi connectivity index (χ0v) is 20.7. The van der Waals surface area contributed by atoms with Crippen molar-refractivity contribution >= 4 is 53.3 Å². The van der Waals surface area contributed by atoms with Gasteiger partial charge in [-0.1, -0.05) is 17.7 Å². The van der Waals surface area contributed by atoms with Crippen LogP contribution in [0.5, 0.6) is 0 Å². The first-order valence-corrected chi connectivity index (χ1v) is 10.7. The van der Waals surface area contributed by atoms with Crippen LogP contribution in [0.1, 0.15) is 24.5 Å². The average Bonchev–Trinajstić information content (AvgIpc) is 3.03. The van der Waals surface area contributed by atoms with Crippen LogP contribution in [0.2, 0.25) is 5.02 Å². The number of benzene rings is 1. The van der Waals surface area contributed by atoms with Crippen LogP contribution in [-0.2, 0) is 13.6 Å². The number of nitrogens with zero attached hydrogens (tertiary/aromatic N) is 5. The Morgan fingerprint density at radius 3 is 2.59 bits per heavy atom. The minimum atomic E-state index is 0. The van der Waals surface area contributed by atoms with Gasteiger partial charge in [0.15, 0.2) is 11.8 Å². The maximum atomic E-state index is 5.98. The predicted octanol–water partition coefficient (Wildman–Crippen LogP) is 4.28. The van der Waals surface area contributed by atoms with E-state index >= 15 is 0 Å². The molecule has 158 valence electrons. The van der Waals surface area contributed by atoms with Gasteiger partial charge >= 0.3 is 0 Å². The largest absolute Gasteiger partial charge is 0.353 e. The Bertz CT molecular complexity index is 815. The molecule has 2 heterocycles. The zero-order valence-electron chi connectivity index (χ0n) is 16.8. The van der Waals surface area contributed by atoms with Crippen molar-refractivity contribution in [2.24, 2.45) is 12.0 Å². The van der Waals surface area contributed by atoms with Gasteiger partial charge in [0, 0.05) is 41.8 Å². The highest BCUT2D eigenvalue weighted by Crippen LogP contribution is 2.31. The predicted molar refractivity (Wildman–Crippen MR) is 132 cm³/mol. The van der Waals surface area contributed by atoms with Gasteiger partial charge in [-0.3, -0.25) is 0 Å². The second-order valence-corrected chi connectivity index (χ2v) is 8.60. The van der Waals surface area contributed by atoms with E-state index in [-0.39, 0.29) is 24.0 Å². The first kappa shape index (κ1) is 24.0. The number of guanidine groups is 1. The van der Waals surface area contributed by atoms with Gasteiger partial charge in [0.05, 0.1) is 0 Å². The summed E-state index contributed by atoms with van der Waals surface area (Å²) in [6.45, 7) is 8.91. The third-order valence-corrected chi connectivity index (χ3v) is 6.42. The minimum Gasteiger partial charge on any atom is -0.353 e. The molecule has 3 rings (SSSR count). The van der Waals surface area contributed by atoms with E-state index in [4.69, 9.17) is 16.6 Å². The first-order chi connectivity index (χ1) is 13.6. The van der Waals surface area contributed by atoms with Crippen molar-refractivity contribution in [2.75, 3.05) is 19.6 Å². The lowest BCUT2D eigenvalue weighted by Crippen LogP contribution is -2.46. The number of thioether (sulfide) groups is 1. The number of hydrogen-bond acceptors (Lipinski definition) is 4. The molecule has 1 aromatic carbocycles. The summed E-state index contributed by atoms with van der Waals surface area (Å²) in [5.41, 5.74) is 0. The Morgan fingerprint density at radius 1 is 1.31 bits per heavy atom. The average molecular weight is 547 g/mol. The van der Waals surface area contributed by atoms with E-state index in [1.807, 2.05) is 48.5 Å². The van der Waals surface area contributed by atoms with E-state index in [0.717, 1.165) is 48.6 Å². The van der Waals surface area contributed by atoms with Crippen LogP contribution in [0.4, 0.5) is 0 Å². The van der Waals surface area contributed by atoms with E-state index in [9.17, 15) is 0 Å². The van der Waals surface area contributed by atoms with E-state index < -0.39 is 0 Å². The molecule has 0 amide bonds. The van der Waals surface area contributed by atoms with Crippen molar-refractivity contribution in [3.8, 4) is 0 Å². The topological polar surface area (TPSA) is 58.3 Å². The lowest BCUT2D eigenvalue weighted by Gasteiger charge is -2.34. The molecule has 1 N–H and O–H groups in total. The summed E-state index contributed by atoms with van der Waals surface area (Å²) in [6.07, 6.45) is 4.08. The fourth-order valence-corrected chi connectivity index (χ4v) is 4.31. The monoisotopic (exact) mass is 546 g/mol. The SMILES string of the molecule is C=CCNC(=NCc1nnc(C)n1C)N1CCC(Sc2ccc(Cl)cc2)CC1.I. The lowest BCUT2D eigenvalue weighted by atomic mass is 10.1. The Hall–Kier alpha value is -1.26. The van der Waals surface area contributed by atoms with Crippen molar-refractivity contribution in [3.63, 3.8) is 0 Å². The van der Waals surface area contributed by atoms with Gasteiger partial charge in [0.1, 0.15) is 12.4 Å². The summed E-state index contributed by atoms with van der Waals surface area (Å²) in [5.74, 6) is 2.67. The number of aliphatic imine (C=N–C) groups is 1. The van der Waals surface area contributed by atoms with Crippen LogP contribution in [0.3, 0.4) is 0 Å². The van der Waals surface area contributed by atoms with Gasteiger partial charge in [-0.25, -0.2) is 4.99 Å². The smallest absolute Gasteiger partial charge is 0.194 e. The number of piperidine rings is 1. The number of hydrogen-bond donors (Lipinski definition) is 1. The molecule has 1 aromatic heterocycles. The quantitative estimate of drug-likeness (QED) is 0.254. The number of nitrogens with one attached hydrogen (secondary N) is 1. The molecule has 0 bridgehead atoms. The molecular formula is C20H28ClIN6S. The highest BCUT2D eigenvalue weighted by Gasteiger charge is 2.22. The molecule has 1 saturated heterocycles. The van der Waals surface area contributed by atoms with Crippen molar-refractivity contribution in [1.29, 1.82) is 0 Å². The van der Waals surface area contributed by atoms with Gasteiger partial charge in [0.2, 0.25) is 0 Å². The summed E-state index contributed by atoms with van der Waals surface area (Å²) < 4.78 is 1.98. The summed E-state index contributed by atoms with van der Waals surface area (Å²) in [6, 6.07) is 8.11. The molecule has 1 aliphatic heterocycles. The first-order valence-electron chi connectivity index (χ1n) is 9.48. The Labute approximate surface area is 199 Å². The number of halogens is 2. The summed E-state index contributed by atoms with van der Waals surface area (Å²) in [5, 5.41) is 13.1. The number of aryl methyl sites for hydroxylation is 1. The molecule has 0 aliphatic carbocycles. The van der Waals surface area contributed by atoms with Crippen molar-refractivity contribution in [1.82, 2.24) is 25.0 Å². The van der Waals surface area contributed by atoms with Crippen LogP contribution in [0, 0.1) is 6.92 Å². The molecule has 2 aromatic rings. The van der Waals surface area contributed by atoms with E-state index in [1.165, 1.54) is 4.90 Å². The number of aromatic nitrogens is 3. The molecule has 0 radical (unpaired) electrons. The van der Waals surface area contributed by atoms with Gasteiger partial charge < -0.3 is 14.8 Å². The van der Waals surface area contributed by atoms with Crippen molar-refractivity contribution in [2.45, 2.75) is 36.5 Å². The van der Waals surface area contributed by atoms with Crippen LogP contribution < -0.4 is 5.32 Å².